The number of ether oxygens (including phenoxy) is 2. The number of hydrogen-bond donors (Lipinski definition) is 1. The maximum absolute atomic E-state index is 14.9. The summed E-state index contributed by atoms with van der Waals surface area (Å²) in [5, 5.41) is 9.96. The molecule has 4 rings (SSSR count). The predicted molar refractivity (Wildman–Crippen MR) is 104 cm³/mol. The molecule has 1 N–H and O–H groups in total. The Labute approximate surface area is 158 Å². The van der Waals surface area contributed by atoms with Gasteiger partial charge in [0.25, 0.3) is 0 Å². The number of methoxy groups -OCH3 is 2. The van der Waals surface area contributed by atoms with E-state index in [1.54, 1.807) is 20.3 Å². The third kappa shape index (κ3) is 3.26. The van der Waals surface area contributed by atoms with Crippen molar-refractivity contribution >= 4 is 5.57 Å². The van der Waals surface area contributed by atoms with Crippen LogP contribution in [0.5, 0.6) is 11.5 Å². The number of aryl methyl sites for hydroxylation is 1. The largest absolute Gasteiger partial charge is 0.493 e. The lowest BCUT2D eigenvalue weighted by Gasteiger charge is -2.20. The van der Waals surface area contributed by atoms with Crippen LogP contribution in [0, 0.1) is 0 Å². The molecule has 2 atom stereocenters. The Kier molecular flexibility index (Phi) is 4.75. The van der Waals surface area contributed by atoms with Gasteiger partial charge in [-0.25, -0.2) is 4.39 Å². The standard InChI is InChI=1S/C23H23FO3/c1-26-22-10-6-15(13-23(22)27-2)14-3-7-18(20(24)12-14)16-4-8-19-17(11-16)5-9-21(19)25/h4,6-8,10-14,21,25H,3,5,9H2,1-2H3. The summed E-state index contributed by atoms with van der Waals surface area (Å²) >= 11 is 0. The van der Waals surface area contributed by atoms with Crippen molar-refractivity contribution in [3.8, 4) is 11.5 Å². The highest BCUT2D eigenvalue weighted by atomic mass is 19.1. The van der Waals surface area contributed by atoms with Crippen molar-refractivity contribution in [1.29, 1.82) is 0 Å². The molecule has 4 heteroatoms. The van der Waals surface area contributed by atoms with Crippen molar-refractivity contribution < 1.29 is 19.0 Å². The number of allylic oxidation sites excluding steroid dienone is 4. The zero-order valence-corrected chi connectivity index (χ0v) is 15.5. The highest BCUT2D eigenvalue weighted by molar-refractivity contribution is 5.79. The van der Waals surface area contributed by atoms with Crippen molar-refractivity contribution in [3.05, 3.63) is 76.6 Å². The Balaban J connectivity index is 1.59. The lowest BCUT2D eigenvalue weighted by atomic mass is 9.87. The topological polar surface area (TPSA) is 38.7 Å². The van der Waals surface area contributed by atoms with E-state index in [2.05, 4.69) is 0 Å². The molecule has 2 aliphatic rings. The Morgan fingerprint density at radius 3 is 2.59 bits per heavy atom. The van der Waals surface area contributed by atoms with E-state index in [0.717, 1.165) is 41.5 Å². The van der Waals surface area contributed by atoms with E-state index < -0.39 is 0 Å². The minimum absolute atomic E-state index is 0.0372. The minimum Gasteiger partial charge on any atom is -0.493 e. The molecule has 2 aromatic carbocycles. The van der Waals surface area contributed by atoms with Crippen molar-refractivity contribution in [1.82, 2.24) is 0 Å². The molecule has 27 heavy (non-hydrogen) atoms. The van der Waals surface area contributed by atoms with Gasteiger partial charge < -0.3 is 14.6 Å². The van der Waals surface area contributed by atoms with Crippen LogP contribution in [0.25, 0.3) is 5.57 Å². The number of aliphatic hydroxyl groups excluding tert-OH is 1. The lowest BCUT2D eigenvalue weighted by Crippen LogP contribution is -2.03. The van der Waals surface area contributed by atoms with Crippen LogP contribution in [0.4, 0.5) is 4.39 Å². The zero-order chi connectivity index (χ0) is 19.0. The van der Waals surface area contributed by atoms with Gasteiger partial charge in [0.05, 0.1) is 20.3 Å². The Hall–Kier alpha value is -2.59. The second-order valence-electron chi connectivity index (χ2n) is 7.06. The average Bonchev–Trinajstić information content (AvgIpc) is 3.07. The molecule has 0 fully saturated rings. The average molecular weight is 366 g/mol. The van der Waals surface area contributed by atoms with Crippen LogP contribution in [0.2, 0.25) is 0 Å². The maximum atomic E-state index is 14.9. The number of aliphatic hydroxyl groups is 1. The van der Waals surface area contributed by atoms with Crippen LogP contribution in [0.3, 0.4) is 0 Å². The van der Waals surface area contributed by atoms with Crippen molar-refractivity contribution in [2.45, 2.75) is 31.3 Å². The highest BCUT2D eigenvalue weighted by Gasteiger charge is 2.23. The Morgan fingerprint density at radius 2 is 1.85 bits per heavy atom. The second kappa shape index (κ2) is 7.20. The van der Waals surface area contributed by atoms with E-state index in [1.807, 2.05) is 42.5 Å². The van der Waals surface area contributed by atoms with Gasteiger partial charge in [0.2, 0.25) is 0 Å². The van der Waals surface area contributed by atoms with Crippen molar-refractivity contribution in [2.24, 2.45) is 0 Å². The van der Waals surface area contributed by atoms with E-state index in [-0.39, 0.29) is 17.8 Å². The molecule has 0 saturated heterocycles. The molecule has 0 heterocycles. The van der Waals surface area contributed by atoms with E-state index >= 15 is 0 Å². The first kappa shape index (κ1) is 17.8. The normalized spacial score (nSPS) is 21.3. The van der Waals surface area contributed by atoms with Crippen molar-refractivity contribution in [3.63, 3.8) is 0 Å². The summed E-state index contributed by atoms with van der Waals surface area (Å²) in [6.45, 7) is 0. The number of fused-ring (bicyclic) bond motifs is 1. The van der Waals surface area contributed by atoms with E-state index in [9.17, 15) is 9.50 Å². The van der Waals surface area contributed by atoms with Gasteiger partial charge in [-0.2, -0.15) is 0 Å². The number of hydrogen-bond acceptors (Lipinski definition) is 3. The molecule has 0 radical (unpaired) electrons. The smallest absolute Gasteiger partial charge is 0.161 e. The fourth-order valence-electron chi connectivity index (χ4n) is 4.01. The molecule has 0 bridgehead atoms. The van der Waals surface area contributed by atoms with Crippen LogP contribution in [0.15, 0.2) is 54.4 Å². The summed E-state index contributed by atoms with van der Waals surface area (Å²) in [5.41, 5.74) is 4.60. The van der Waals surface area contributed by atoms with Gasteiger partial charge in [-0.15, -0.1) is 0 Å². The number of halogens is 1. The van der Waals surface area contributed by atoms with Crippen LogP contribution in [-0.2, 0) is 6.42 Å². The maximum Gasteiger partial charge on any atom is 0.161 e. The molecular weight excluding hydrogens is 343 g/mol. The summed E-state index contributed by atoms with van der Waals surface area (Å²) in [4.78, 5) is 0. The number of benzene rings is 2. The molecule has 2 unspecified atom stereocenters. The highest BCUT2D eigenvalue weighted by Crippen LogP contribution is 2.40. The quantitative estimate of drug-likeness (QED) is 0.817. The third-order valence-corrected chi connectivity index (χ3v) is 5.52. The lowest BCUT2D eigenvalue weighted by molar-refractivity contribution is 0.180. The van der Waals surface area contributed by atoms with Gasteiger partial charge in [-0.3, -0.25) is 0 Å². The zero-order valence-electron chi connectivity index (χ0n) is 15.5. The van der Waals surface area contributed by atoms with Crippen LogP contribution in [0.1, 0.15) is 47.1 Å². The Bertz CT molecular complexity index is 929. The second-order valence-corrected chi connectivity index (χ2v) is 7.06. The molecule has 2 aromatic rings. The van der Waals surface area contributed by atoms with Gasteiger partial charge in [-0.05, 0) is 59.7 Å². The summed E-state index contributed by atoms with van der Waals surface area (Å²) in [6, 6.07) is 11.6. The minimum atomic E-state index is -0.385. The first-order valence-electron chi connectivity index (χ1n) is 9.21. The molecule has 0 aliphatic heterocycles. The van der Waals surface area contributed by atoms with Crippen LogP contribution >= 0.6 is 0 Å². The third-order valence-electron chi connectivity index (χ3n) is 5.52. The summed E-state index contributed by atoms with van der Waals surface area (Å²) in [5.74, 6) is 1.07. The first-order chi connectivity index (χ1) is 13.1. The fraction of sp³-hybridized carbons (Fsp3) is 0.304. The molecule has 0 amide bonds. The number of rotatable bonds is 4. The predicted octanol–water partition coefficient (Wildman–Crippen LogP) is 5.11. The molecule has 0 aromatic heterocycles. The van der Waals surface area contributed by atoms with Crippen molar-refractivity contribution in [2.75, 3.05) is 14.2 Å². The SMILES string of the molecule is COc1ccc(C2C=C(F)C(c3ccc4c(c3)CCC4O)=CC2)cc1OC. The van der Waals surface area contributed by atoms with Gasteiger partial charge >= 0.3 is 0 Å². The monoisotopic (exact) mass is 366 g/mol. The molecule has 0 saturated carbocycles. The van der Waals surface area contributed by atoms with Crippen LogP contribution < -0.4 is 9.47 Å². The molecule has 3 nitrogen and oxygen atoms in total. The molecule has 140 valence electrons. The van der Waals surface area contributed by atoms with Gasteiger partial charge in [0.1, 0.15) is 5.83 Å². The van der Waals surface area contributed by atoms with Crippen LogP contribution in [-0.4, -0.2) is 19.3 Å². The fourth-order valence-corrected chi connectivity index (χ4v) is 4.01. The van der Waals surface area contributed by atoms with Gasteiger partial charge in [0.15, 0.2) is 11.5 Å². The van der Waals surface area contributed by atoms with Gasteiger partial charge in [-0.1, -0.05) is 30.3 Å². The summed E-state index contributed by atoms with van der Waals surface area (Å²) in [7, 11) is 3.20. The Morgan fingerprint density at radius 1 is 1.04 bits per heavy atom. The van der Waals surface area contributed by atoms with Gasteiger partial charge in [0, 0.05) is 11.5 Å². The van der Waals surface area contributed by atoms with E-state index in [1.165, 1.54) is 0 Å². The molecule has 0 spiro atoms. The molecular formula is C23H23FO3. The van der Waals surface area contributed by atoms with E-state index in [4.69, 9.17) is 9.47 Å². The first-order valence-corrected chi connectivity index (χ1v) is 9.21. The van der Waals surface area contributed by atoms with E-state index in [0.29, 0.717) is 17.1 Å². The summed E-state index contributed by atoms with van der Waals surface area (Å²) in [6.07, 6.45) is 5.57. The summed E-state index contributed by atoms with van der Waals surface area (Å²) < 4.78 is 25.5. The molecule has 2 aliphatic carbocycles.